The first-order valence-corrected chi connectivity index (χ1v) is 15.4. The number of unbranched alkanes of at least 4 members (excludes halogenated alkanes) is 2. The summed E-state index contributed by atoms with van der Waals surface area (Å²) in [5, 5.41) is 26.6. The van der Waals surface area contributed by atoms with Gasteiger partial charge < -0.3 is 16.0 Å². The zero-order valence-corrected chi connectivity index (χ0v) is 25.2. The largest absolute Gasteiger partial charge is 0.356 e. The lowest BCUT2D eigenvalue weighted by atomic mass is 10.1. The van der Waals surface area contributed by atoms with E-state index in [9.17, 15) is 14.4 Å². The minimum absolute atomic E-state index is 0.0140. The summed E-state index contributed by atoms with van der Waals surface area (Å²) in [5.74, 6) is 0.0790. The minimum Gasteiger partial charge on any atom is -0.356 e. The van der Waals surface area contributed by atoms with Crippen molar-refractivity contribution < 1.29 is 14.4 Å². The van der Waals surface area contributed by atoms with Crippen molar-refractivity contribution in [3.63, 3.8) is 0 Å². The van der Waals surface area contributed by atoms with Gasteiger partial charge in [0.15, 0.2) is 5.82 Å². The maximum absolute atomic E-state index is 12.6. The molecule has 2 heterocycles. The summed E-state index contributed by atoms with van der Waals surface area (Å²) in [6.45, 7) is 2.76. The van der Waals surface area contributed by atoms with Gasteiger partial charge in [0.2, 0.25) is 22.9 Å². The second-order valence-corrected chi connectivity index (χ2v) is 11.3. The second-order valence-electron chi connectivity index (χ2n) is 10.3. The van der Waals surface area contributed by atoms with Crippen molar-refractivity contribution in [1.82, 2.24) is 25.7 Å². The van der Waals surface area contributed by atoms with Gasteiger partial charge in [-0.05, 0) is 54.5 Å². The van der Waals surface area contributed by atoms with E-state index in [1.54, 1.807) is 6.07 Å². The van der Waals surface area contributed by atoms with Crippen LogP contribution in [0.1, 0.15) is 60.0 Å². The van der Waals surface area contributed by atoms with E-state index in [1.807, 2.05) is 60.7 Å². The van der Waals surface area contributed by atoms with E-state index in [2.05, 4.69) is 43.3 Å². The fraction of sp³-hybridized carbons (Fsp3) is 0.344. The van der Waals surface area contributed by atoms with Crippen molar-refractivity contribution >= 4 is 40.0 Å². The van der Waals surface area contributed by atoms with Gasteiger partial charge in [0.05, 0.1) is 25.0 Å². The van der Waals surface area contributed by atoms with Crippen molar-refractivity contribution in [1.29, 1.82) is 0 Å². The molecule has 3 amide bonds. The number of carbonyl (C=O) groups excluding carboxylic acids is 3. The highest BCUT2D eigenvalue weighted by atomic mass is 32.1. The summed E-state index contributed by atoms with van der Waals surface area (Å²) in [7, 11) is 0. The molecule has 11 heteroatoms. The number of benzene rings is 2. The summed E-state index contributed by atoms with van der Waals surface area (Å²) in [6.07, 6.45) is 6.06. The number of rotatable bonds is 16. The number of nitrogens with one attached hydrogen (secondary N) is 3. The van der Waals surface area contributed by atoms with Gasteiger partial charge in [0, 0.05) is 13.0 Å². The van der Waals surface area contributed by atoms with Crippen LogP contribution in [-0.2, 0) is 46.5 Å². The van der Waals surface area contributed by atoms with Crippen LogP contribution < -0.4 is 16.0 Å². The summed E-state index contributed by atoms with van der Waals surface area (Å²) in [4.78, 5) is 36.9. The van der Waals surface area contributed by atoms with Crippen molar-refractivity contribution in [2.45, 2.75) is 64.7 Å². The fourth-order valence-electron chi connectivity index (χ4n) is 4.37. The lowest BCUT2D eigenvalue weighted by molar-refractivity contribution is -0.120. The fourth-order valence-corrected chi connectivity index (χ4v) is 5.16. The Labute approximate surface area is 255 Å². The van der Waals surface area contributed by atoms with Gasteiger partial charge >= 0.3 is 0 Å². The molecule has 2 aromatic heterocycles. The Hall–Kier alpha value is -4.51. The molecule has 43 heavy (non-hydrogen) atoms. The molecule has 0 saturated heterocycles. The smallest absolute Gasteiger partial charge is 0.230 e. The minimum atomic E-state index is -0.195. The van der Waals surface area contributed by atoms with Crippen LogP contribution in [0.5, 0.6) is 0 Å². The lowest BCUT2D eigenvalue weighted by Crippen LogP contribution is -2.26. The van der Waals surface area contributed by atoms with Gasteiger partial charge in [-0.25, -0.2) is 0 Å². The number of carbonyl (C=O) groups is 3. The number of nitrogens with zero attached hydrogens (tertiary/aromatic N) is 4. The molecule has 0 aliphatic heterocycles. The Morgan fingerprint density at radius 2 is 1.37 bits per heavy atom. The SMILES string of the molecule is CCCCNC(=O)Cc1cccc(CC(=O)Nc2ccc(CCCCc3nnc(NC(=O)Cc4ccccc4)s3)nn2)c1. The maximum atomic E-state index is 12.6. The average molecular weight is 600 g/mol. The van der Waals surface area contributed by atoms with Crippen LogP contribution in [0.25, 0.3) is 0 Å². The third-order valence-electron chi connectivity index (χ3n) is 6.55. The normalized spacial score (nSPS) is 10.7. The van der Waals surface area contributed by atoms with Gasteiger partial charge in [-0.1, -0.05) is 79.3 Å². The van der Waals surface area contributed by atoms with E-state index < -0.39 is 0 Å². The maximum Gasteiger partial charge on any atom is 0.230 e. The molecule has 0 fully saturated rings. The average Bonchev–Trinajstić information content (AvgIpc) is 3.43. The highest BCUT2D eigenvalue weighted by Gasteiger charge is 2.11. The number of hydrogen-bond donors (Lipinski definition) is 3. The summed E-state index contributed by atoms with van der Waals surface area (Å²) < 4.78 is 0. The summed E-state index contributed by atoms with van der Waals surface area (Å²) in [6, 6.07) is 20.7. The molecule has 4 rings (SSSR count). The molecule has 2 aromatic carbocycles. The van der Waals surface area contributed by atoms with Crippen LogP contribution in [0.2, 0.25) is 0 Å². The van der Waals surface area contributed by atoms with Crippen molar-refractivity contribution in [2.24, 2.45) is 0 Å². The van der Waals surface area contributed by atoms with Gasteiger partial charge in [-0.2, -0.15) is 5.10 Å². The third kappa shape index (κ3) is 11.4. The topological polar surface area (TPSA) is 139 Å². The zero-order chi connectivity index (χ0) is 30.3. The van der Waals surface area contributed by atoms with Gasteiger partial charge in [0.1, 0.15) is 5.01 Å². The summed E-state index contributed by atoms with van der Waals surface area (Å²) in [5.41, 5.74) is 3.50. The van der Waals surface area contributed by atoms with Crippen LogP contribution in [0.4, 0.5) is 10.9 Å². The first-order chi connectivity index (χ1) is 21.0. The van der Waals surface area contributed by atoms with E-state index in [0.717, 1.165) is 65.9 Å². The number of aryl methyl sites for hydroxylation is 2. The predicted octanol–water partition coefficient (Wildman–Crippen LogP) is 4.71. The summed E-state index contributed by atoms with van der Waals surface area (Å²) >= 11 is 1.39. The van der Waals surface area contributed by atoms with Crippen LogP contribution in [0.15, 0.2) is 66.7 Å². The van der Waals surface area contributed by atoms with Crippen molar-refractivity contribution in [3.05, 3.63) is 94.1 Å². The Bertz CT molecular complexity index is 1480. The quantitative estimate of drug-likeness (QED) is 0.159. The molecule has 224 valence electrons. The first-order valence-electron chi connectivity index (χ1n) is 14.6. The van der Waals surface area contributed by atoms with E-state index in [0.29, 0.717) is 30.3 Å². The second kappa shape index (κ2) is 16.8. The van der Waals surface area contributed by atoms with Gasteiger partial charge in [-0.15, -0.1) is 15.3 Å². The standard InChI is InChI=1S/C32H37N7O3S/c1-2-3-18-33-28(40)21-24-12-9-13-25(19-24)22-29(41)34-27-17-16-26(36-37-27)14-7-8-15-31-38-39-32(43-31)35-30(42)20-23-10-5-4-6-11-23/h4-6,9-13,16-17,19H,2-3,7-8,14-15,18,20-22H2,1H3,(H,33,40)(H,34,37,41)(H,35,39,42). The highest BCUT2D eigenvalue weighted by Crippen LogP contribution is 2.18. The Morgan fingerprint density at radius 3 is 2.12 bits per heavy atom. The number of hydrogen-bond acceptors (Lipinski definition) is 8. The van der Waals surface area contributed by atoms with Crippen LogP contribution in [-0.4, -0.2) is 44.7 Å². The monoisotopic (exact) mass is 599 g/mol. The van der Waals surface area contributed by atoms with E-state index in [4.69, 9.17) is 0 Å². The molecule has 0 radical (unpaired) electrons. The molecule has 10 nitrogen and oxygen atoms in total. The molecular formula is C32H37N7O3S. The number of amides is 3. The molecule has 0 aliphatic carbocycles. The van der Waals surface area contributed by atoms with Crippen molar-refractivity contribution in [3.8, 4) is 0 Å². The molecule has 0 saturated carbocycles. The molecule has 4 aromatic rings. The predicted molar refractivity (Wildman–Crippen MR) is 168 cm³/mol. The molecule has 0 bridgehead atoms. The Kier molecular flexibility index (Phi) is 12.3. The first kappa shape index (κ1) is 31.4. The number of aromatic nitrogens is 4. The zero-order valence-electron chi connectivity index (χ0n) is 24.3. The molecule has 0 atom stereocenters. The molecule has 0 spiro atoms. The van der Waals surface area contributed by atoms with Gasteiger partial charge in [-0.3, -0.25) is 14.4 Å². The van der Waals surface area contributed by atoms with E-state index >= 15 is 0 Å². The Morgan fingerprint density at radius 1 is 0.674 bits per heavy atom. The molecule has 0 unspecified atom stereocenters. The van der Waals surface area contributed by atoms with E-state index in [-0.39, 0.29) is 24.1 Å². The Balaban J connectivity index is 1.14. The van der Waals surface area contributed by atoms with Crippen LogP contribution in [0.3, 0.4) is 0 Å². The van der Waals surface area contributed by atoms with E-state index in [1.165, 1.54) is 11.3 Å². The molecule has 0 aliphatic rings. The molecule has 3 N–H and O–H groups in total. The third-order valence-corrected chi connectivity index (χ3v) is 7.45. The van der Waals surface area contributed by atoms with Crippen LogP contribution >= 0.6 is 11.3 Å². The van der Waals surface area contributed by atoms with Crippen LogP contribution in [0, 0.1) is 0 Å². The number of anilines is 2. The molecular weight excluding hydrogens is 562 g/mol. The lowest BCUT2D eigenvalue weighted by Gasteiger charge is -2.08. The van der Waals surface area contributed by atoms with Gasteiger partial charge in [0.25, 0.3) is 0 Å². The highest BCUT2D eigenvalue weighted by molar-refractivity contribution is 7.15. The van der Waals surface area contributed by atoms with Crippen molar-refractivity contribution in [2.75, 3.05) is 17.2 Å².